The number of halogens is 1. The summed E-state index contributed by atoms with van der Waals surface area (Å²) in [5.41, 5.74) is 0.581. The molecule has 1 N–H and O–H groups in total. The second-order valence-corrected chi connectivity index (χ2v) is 3.04. The SMILES string of the molecule is COCCC([C-]=O)c1ccnc(Cl)n1.[Li+].[OH-]. The van der Waals surface area contributed by atoms with E-state index in [9.17, 15) is 4.79 Å². The van der Waals surface area contributed by atoms with Gasteiger partial charge in [0.15, 0.2) is 0 Å². The third-order valence-electron chi connectivity index (χ3n) is 1.76. The number of rotatable bonds is 5. The van der Waals surface area contributed by atoms with Crippen molar-refractivity contribution in [1.29, 1.82) is 0 Å². The Balaban J connectivity index is 0. The van der Waals surface area contributed by atoms with E-state index in [0.29, 0.717) is 18.7 Å². The molecule has 7 heteroatoms. The van der Waals surface area contributed by atoms with E-state index < -0.39 is 5.92 Å². The van der Waals surface area contributed by atoms with Crippen molar-refractivity contribution in [2.45, 2.75) is 12.3 Å². The third-order valence-corrected chi connectivity index (χ3v) is 1.94. The van der Waals surface area contributed by atoms with Gasteiger partial charge in [-0.1, -0.05) is 5.92 Å². The molecule has 1 unspecified atom stereocenters. The van der Waals surface area contributed by atoms with Gasteiger partial charge in [0.05, 0.1) is 0 Å². The van der Waals surface area contributed by atoms with Gasteiger partial charge in [0.1, 0.15) is 0 Å². The van der Waals surface area contributed by atoms with E-state index in [1.54, 1.807) is 13.2 Å². The summed E-state index contributed by atoms with van der Waals surface area (Å²) >= 11 is 5.60. The van der Waals surface area contributed by atoms with Crippen molar-refractivity contribution in [2.75, 3.05) is 13.7 Å². The smallest absolute Gasteiger partial charge is 0.870 e. The Hall–Kier alpha value is -0.443. The molecule has 0 fully saturated rings. The van der Waals surface area contributed by atoms with E-state index in [-0.39, 0.29) is 29.6 Å². The van der Waals surface area contributed by atoms with Crippen LogP contribution in [-0.2, 0) is 9.53 Å². The van der Waals surface area contributed by atoms with Gasteiger partial charge in [0, 0.05) is 25.6 Å². The zero-order chi connectivity index (χ0) is 10.4. The molecule has 0 spiro atoms. The van der Waals surface area contributed by atoms with Crippen molar-refractivity contribution in [1.82, 2.24) is 9.97 Å². The van der Waals surface area contributed by atoms with Crippen LogP contribution in [0.3, 0.4) is 0 Å². The maximum Gasteiger partial charge on any atom is 1.00 e. The van der Waals surface area contributed by atoms with E-state index in [1.807, 2.05) is 6.29 Å². The van der Waals surface area contributed by atoms with Gasteiger partial charge >= 0.3 is 18.9 Å². The number of carbonyl (C=O) groups excluding carboxylic acids is 1. The van der Waals surface area contributed by atoms with Crippen LogP contribution >= 0.6 is 11.6 Å². The monoisotopic (exact) mass is 237 g/mol. The number of hydrogen-bond acceptors (Lipinski definition) is 5. The first kappa shape index (κ1) is 17.9. The van der Waals surface area contributed by atoms with Gasteiger partial charge in [-0.2, -0.15) is 0 Å². The summed E-state index contributed by atoms with van der Waals surface area (Å²) in [6.45, 7) is 0.488. The molecular weight excluding hydrogens is 227 g/mol. The van der Waals surface area contributed by atoms with Crippen LogP contribution in [0.2, 0.25) is 5.28 Å². The summed E-state index contributed by atoms with van der Waals surface area (Å²) in [6.07, 6.45) is 3.97. The Labute approximate surface area is 111 Å². The Morgan fingerprint density at radius 3 is 2.81 bits per heavy atom. The van der Waals surface area contributed by atoms with E-state index in [1.165, 1.54) is 6.20 Å². The first-order valence-electron chi connectivity index (χ1n) is 4.13. The Kier molecular flexibility index (Phi) is 10.9. The van der Waals surface area contributed by atoms with Crippen molar-refractivity contribution in [3.8, 4) is 0 Å². The van der Waals surface area contributed by atoms with Crippen molar-refractivity contribution >= 4 is 17.9 Å². The second kappa shape index (κ2) is 9.76. The van der Waals surface area contributed by atoms with Crippen LogP contribution in [0.25, 0.3) is 0 Å². The molecule has 16 heavy (non-hydrogen) atoms. The van der Waals surface area contributed by atoms with Crippen LogP contribution in [0.1, 0.15) is 18.0 Å². The predicted octanol–water partition coefficient (Wildman–Crippen LogP) is -1.81. The Morgan fingerprint density at radius 1 is 1.62 bits per heavy atom. The molecule has 0 amide bonds. The fraction of sp³-hybridized carbons (Fsp3) is 0.444. The van der Waals surface area contributed by atoms with E-state index in [2.05, 4.69) is 9.97 Å². The molecule has 0 aliphatic heterocycles. The van der Waals surface area contributed by atoms with Crippen LogP contribution in [0, 0.1) is 0 Å². The van der Waals surface area contributed by atoms with Crippen molar-refractivity contribution < 1.29 is 33.9 Å². The first-order chi connectivity index (χ1) is 6.77. The molecule has 1 aromatic rings. The summed E-state index contributed by atoms with van der Waals surface area (Å²) in [6, 6.07) is 1.65. The molecule has 5 nitrogen and oxygen atoms in total. The van der Waals surface area contributed by atoms with Gasteiger partial charge in [-0.25, -0.2) is 9.97 Å². The van der Waals surface area contributed by atoms with Crippen molar-refractivity contribution in [3.63, 3.8) is 0 Å². The molecule has 0 aliphatic carbocycles. The fourth-order valence-electron chi connectivity index (χ4n) is 1.04. The van der Waals surface area contributed by atoms with E-state index >= 15 is 0 Å². The largest absolute Gasteiger partial charge is 1.00 e. The van der Waals surface area contributed by atoms with E-state index in [0.717, 1.165) is 0 Å². The van der Waals surface area contributed by atoms with Gasteiger partial charge in [0.25, 0.3) is 0 Å². The molecule has 0 bridgehead atoms. The molecule has 0 aliphatic rings. The van der Waals surface area contributed by atoms with Crippen molar-refractivity contribution in [2.24, 2.45) is 0 Å². The molecule has 0 saturated heterocycles. The number of hydrogen-bond donors (Lipinski definition) is 0. The van der Waals surface area contributed by atoms with E-state index in [4.69, 9.17) is 16.3 Å². The van der Waals surface area contributed by atoms with Gasteiger partial charge in [-0.05, 0) is 24.1 Å². The minimum atomic E-state index is -0.393. The third kappa shape index (κ3) is 5.59. The molecule has 1 aromatic heterocycles. The van der Waals surface area contributed by atoms with Crippen LogP contribution in [0.5, 0.6) is 0 Å². The van der Waals surface area contributed by atoms with Gasteiger partial charge in [-0.3, -0.25) is 6.29 Å². The average Bonchev–Trinajstić information content (AvgIpc) is 2.19. The fourth-order valence-corrected chi connectivity index (χ4v) is 1.20. The Morgan fingerprint density at radius 2 is 2.31 bits per heavy atom. The summed E-state index contributed by atoms with van der Waals surface area (Å²) < 4.78 is 4.87. The minimum absolute atomic E-state index is 0. The zero-order valence-corrected chi connectivity index (χ0v) is 9.94. The number of ether oxygens (including phenoxy) is 1. The summed E-state index contributed by atoms with van der Waals surface area (Å²) in [4.78, 5) is 18.3. The summed E-state index contributed by atoms with van der Waals surface area (Å²) in [7, 11) is 1.58. The molecule has 84 valence electrons. The van der Waals surface area contributed by atoms with Gasteiger partial charge < -0.3 is 15.0 Å². The molecule has 0 radical (unpaired) electrons. The minimum Gasteiger partial charge on any atom is -0.870 e. The topological polar surface area (TPSA) is 82.1 Å². The normalized spacial score (nSPS) is 10.9. The first-order valence-corrected chi connectivity index (χ1v) is 4.50. The van der Waals surface area contributed by atoms with Gasteiger partial charge in [0.2, 0.25) is 5.28 Å². The molecule has 1 rings (SSSR count). The number of methoxy groups -OCH3 is 1. The quantitative estimate of drug-likeness (QED) is 0.342. The van der Waals surface area contributed by atoms with Crippen LogP contribution in [-0.4, -0.2) is 35.4 Å². The maximum atomic E-state index is 10.6. The second-order valence-electron chi connectivity index (χ2n) is 2.70. The summed E-state index contributed by atoms with van der Waals surface area (Å²) in [5.74, 6) is -0.393. The van der Waals surface area contributed by atoms with Gasteiger partial charge in [-0.15, -0.1) is 0 Å². The van der Waals surface area contributed by atoms with Crippen LogP contribution in [0.4, 0.5) is 0 Å². The molecule has 0 aromatic carbocycles. The molecule has 0 saturated carbocycles. The number of aromatic nitrogens is 2. The summed E-state index contributed by atoms with van der Waals surface area (Å²) in [5, 5.41) is 0.139. The molecule has 1 atom stereocenters. The number of nitrogens with zero attached hydrogens (tertiary/aromatic N) is 2. The average molecular weight is 238 g/mol. The maximum absolute atomic E-state index is 10.6. The van der Waals surface area contributed by atoms with Crippen LogP contribution < -0.4 is 18.9 Å². The standard InChI is InChI=1S/C9H10ClN2O2.Li.H2O/c1-14-5-3-7(6-13)8-2-4-11-9(10)12-8;;/h2,4,7H,3,5H2,1H3;;1H2/q-1;+1;/p-1. The van der Waals surface area contributed by atoms with Crippen molar-refractivity contribution in [3.05, 3.63) is 23.2 Å². The zero-order valence-electron chi connectivity index (χ0n) is 9.18. The molecular formula is C9H11ClLiN2O3-. The predicted molar refractivity (Wildman–Crippen MR) is 53.9 cm³/mol. The Bertz CT molecular complexity index is 315. The molecule has 1 heterocycles. The van der Waals surface area contributed by atoms with Crippen LogP contribution in [0.15, 0.2) is 12.3 Å².